The molecule has 2 unspecified atom stereocenters. The Labute approximate surface area is 111 Å². The van der Waals surface area contributed by atoms with Gasteiger partial charge in [-0.25, -0.2) is 0 Å². The SMILES string of the molecule is Cc1ccc(C(CN)C(O)c2ccc(Cl)o2)cc1. The minimum Gasteiger partial charge on any atom is -0.447 e. The maximum atomic E-state index is 10.3. The zero-order valence-electron chi connectivity index (χ0n) is 10.1. The highest BCUT2D eigenvalue weighted by Gasteiger charge is 2.24. The van der Waals surface area contributed by atoms with Crippen LogP contribution in [0.2, 0.25) is 5.22 Å². The van der Waals surface area contributed by atoms with Gasteiger partial charge in [-0.1, -0.05) is 29.8 Å². The van der Waals surface area contributed by atoms with Crippen LogP contribution in [0.4, 0.5) is 0 Å². The van der Waals surface area contributed by atoms with Crippen LogP contribution >= 0.6 is 11.6 Å². The molecule has 0 aliphatic rings. The standard InChI is InChI=1S/C14H16ClNO2/c1-9-2-4-10(5-3-9)11(8-16)14(17)12-6-7-13(15)18-12/h2-7,11,14,17H,8,16H2,1H3. The molecule has 1 aromatic carbocycles. The van der Waals surface area contributed by atoms with Gasteiger partial charge < -0.3 is 15.3 Å². The largest absolute Gasteiger partial charge is 0.447 e. The molecule has 1 heterocycles. The fourth-order valence-electron chi connectivity index (χ4n) is 1.95. The molecule has 2 rings (SSSR count). The molecule has 0 saturated carbocycles. The Morgan fingerprint density at radius 1 is 1.22 bits per heavy atom. The van der Waals surface area contributed by atoms with Gasteiger partial charge in [-0.2, -0.15) is 0 Å². The number of aliphatic hydroxyl groups is 1. The van der Waals surface area contributed by atoms with Crippen molar-refractivity contribution in [3.8, 4) is 0 Å². The highest BCUT2D eigenvalue weighted by atomic mass is 35.5. The molecule has 0 saturated heterocycles. The Bertz CT molecular complexity index is 507. The van der Waals surface area contributed by atoms with E-state index in [1.165, 1.54) is 5.56 Å². The molecule has 3 N–H and O–H groups in total. The Morgan fingerprint density at radius 2 is 1.89 bits per heavy atom. The van der Waals surface area contributed by atoms with Crippen LogP contribution in [-0.2, 0) is 0 Å². The van der Waals surface area contributed by atoms with Gasteiger partial charge in [0.25, 0.3) is 0 Å². The number of nitrogens with two attached hydrogens (primary N) is 1. The van der Waals surface area contributed by atoms with Crippen molar-refractivity contribution in [3.05, 3.63) is 58.5 Å². The molecule has 0 fully saturated rings. The maximum absolute atomic E-state index is 10.3. The van der Waals surface area contributed by atoms with Gasteiger partial charge in [0, 0.05) is 12.5 Å². The van der Waals surface area contributed by atoms with Crippen LogP contribution in [0.1, 0.15) is 28.9 Å². The zero-order valence-corrected chi connectivity index (χ0v) is 10.9. The predicted octanol–water partition coefficient (Wildman–Crippen LogP) is 3.02. The molecule has 1 aromatic heterocycles. The third-order valence-corrected chi connectivity index (χ3v) is 3.23. The summed E-state index contributed by atoms with van der Waals surface area (Å²) < 4.78 is 5.23. The van der Waals surface area contributed by atoms with Crippen molar-refractivity contribution in [1.82, 2.24) is 0 Å². The Hall–Kier alpha value is -1.29. The van der Waals surface area contributed by atoms with Crippen molar-refractivity contribution in [1.29, 1.82) is 0 Å². The van der Waals surface area contributed by atoms with E-state index >= 15 is 0 Å². The number of aryl methyl sites for hydroxylation is 1. The third kappa shape index (κ3) is 2.75. The molecule has 0 aliphatic carbocycles. The number of furan rings is 1. The van der Waals surface area contributed by atoms with Crippen molar-refractivity contribution >= 4 is 11.6 Å². The second kappa shape index (κ2) is 5.57. The van der Waals surface area contributed by atoms with Crippen molar-refractivity contribution in [2.45, 2.75) is 18.9 Å². The average Bonchev–Trinajstić information content (AvgIpc) is 2.79. The van der Waals surface area contributed by atoms with E-state index in [9.17, 15) is 5.11 Å². The van der Waals surface area contributed by atoms with Crippen molar-refractivity contribution in [2.75, 3.05) is 6.54 Å². The van der Waals surface area contributed by atoms with Crippen molar-refractivity contribution in [3.63, 3.8) is 0 Å². The second-order valence-corrected chi connectivity index (χ2v) is 4.71. The predicted molar refractivity (Wildman–Crippen MR) is 71.7 cm³/mol. The lowest BCUT2D eigenvalue weighted by molar-refractivity contribution is 0.122. The summed E-state index contributed by atoms with van der Waals surface area (Å²) >= 11 is 5.71. The fraction of sp³-hybridized carbons (Fsp3) is 0.286. The number of rotatable bonds is 4. The summed E-state index contributed by atoms with van der Waals surface area (Å²) in [6, 6.07) is 11.2. The van der Waals surface area contributed by atoms with Crippen molar-refractivity contribution in [2.24, 2.45) is 5.73 Å². The number of hydrogen-bond donors (Lipinski definition) is 2. The highest BCUT2D eigenvalue weighted by molar-refractivity contribution is 6.28. The number of halogens is 1. The molecule has 0 radical (unpaired) electrons. The first kappa shape index (κ1) is 13.1. The number of hydrogen-bond acceptors (Lipinski definition) is 3. The van der Waals surface area contributed by atoms with E-state index in [2.05, 4.69) is 0 Å². The van der Waals surface area contributed by atoms with Gasteiger partial charge in [0.05, 0.1) is 0 Å². The normalized spacial score (nSPS) is 14.4. The number of benzene rings is 1. The van der Waals surface area contributed by atoms with E-state index in [-0.39, 0.29) is 11.1 Å². The van der Waals surface area contributed by atoms with Gasteiger partial charge in [-0.3, -0.25) is 0 Å². The van der Waals surface area contributed by atoms with E-state index < -0.39 is 6.10 Å². The molecule has 4 heteroatoms. The lowest BCUT2D eigenvalue weighted by Crippen LogP contribution is -2.19. The molecule has 96 valence electrons. The quantitative estimate of drug-likeness (QED) is 0.893. The van der Waals surface area contributed by atoms with Crippen molar-refractivity contribution < 1.29 is 9.52 Å². The molecule has 0 spiro atoms. The highest BCUT2D eigenvalue weighted by Crippen LogP contribution is 2.32. The van der Waals surface area contributed by atoms with Gasteiger partial charge in [0.2, 0.25) is 0 Å². The summed E-state index contributed by atoms with van der Waals surface area (Å²) in [5.41, 5.74) is 7.91. The average molecular weight is 266 g/mol. The van der Waals surface area contributed by atoms with E-state index in [1.54, 1.807) is 12.1 Å². The second-order valence-electron chi connectivity index (χ2n) is 4.34. The molecule has 2 aromatic rings. The summed E-state index contributed by atoms with van der Waals surface area (Å²) in [6.45, 7) is 2.35. The lowest BCUT2D eigenvalue weighted by Gasteiger charge is -2.20. The lowest BCUT2D eigenvalue weighted by atomic mass is 9.91. The number of aliphatic hydroxyl groups excluding tert-OH is 1. The molecular weight excluding hydrogens is 250 g/mol. The molecule has 2 atom stereocenters. The Kier molecular flexibility index (Phi) is 4.07. The van der Waals surface area contributed by atoms with Gasteiger partial charge in [0.1, 0.15) is 11.9 Å². The van der Waals surface area contributed by atoms with Crippen LogP contribution in [0.5, 0.6) is 0 Å². The first-order chi connectivity index (χ1) is 8.61. The molecule has 0 amide bonds. The zero-order chi connectivity index (χ0) is 13.1. The maximum Gasteiger partial charge on any atom is 0.193 e. The minimum atomic E-state index is -0.787. The van der Waals surface area contributed by atoms with Crippen LogP contribution in [0, 0.1) is 6.92 Å². The Morgan fingerprint density at radius 3 is 2.39 bits per heavy atom. The van der Waals surface area contributed by atoms with Gasteiger partial charge in [-0.05, 0) is 36.2 Å². The topological polar surface area (TPSA) is 59.4 Å². The third-order valence-electron chi connectivity index (χ3n) is 3.03. The van der Waals surface area contributed by atoms with Crippen LogP contribution in [0.15, 0.2) is 40.8 Å². The first-order valence-corrected chi connectivity index (χ1v) is 6.19. The Balaban J connectivity index is 2.25. The smallest absolute Gasteiger partial charge is 0.193 e. The summed E-state index contributed by atoms with van der Waals surface area (Å²) in [5, 5.41) is 10.6. The van der Waals surface area contributed by atoms with Crippen LogP contribution in [-0.4, -0.2) is 11.7 Å². The van der Waals surface area contributed by atoms with Gasteiger partial charge in [-0.15, -0.1) is 0 Å². The first-order valence-electron chi connectivity index (χ1n) is 5.81. The minimum absolute atomic E-state index is 0.201. The molecule has 3 nitrogen and oxygen atoms in total. The van der Waals surface area contributed by atoms with E-state index in [4.69, 9.17) is 21.8 Å². The van der Waals surface area contributed by atoms with Crippen LogP contribution < -0.4 is 5.73 Å². The monoisotopic (exact) mass is 265 g/mol. The van der Waals surface area contributed by atoms with E-state index in [0.29, 0.717) is 12.3 Å². The summed E-state index contributed by atoms with van der Waals surface area (Å²) in [5.74, 6) is 0.240. The van der Waals surface area contributed by atoms with E-state index in [1.807, 2.05) is 31.2 Å². The van der Waals surface area contributed by atoms with Crippen LogP contribution in [0.3, 0.4) is 0 Å². The van der Waals surface area contributed by atoms with Crippen LogP contribution in [0.25, 0.3) is 0 Å². The molecular formula is C14H16ClNO2. The van der Waals surface area contributed by atoms with E-state index in [0.717, 1.165) is 5.56 Å². The molecule has 0 aliphatic heterocycles. The molecule has 18 heavy (non-hydrogen) atoms. The summed E-state index contributed by atoms with van der Waals surface area (Å²) in [6.07, 6.45) is -0.787. The van der Waals surface area contributed by atoms with Gasteiger partial charge in [0.15, 0.2) is 5.22 Å². The summed E-state index contributed by atoms with van der Waals surface area (Å²) in [4.78, 5) is 0. The van der Waals surface area contributed by atoms with Gasteiger partial charge >= 0.3 is 0 Å². The summed E-state index contributed by atoms with van der Waals surface area (Å²) in [7, 11) is 0. The fourth-order valence-corrected chi connectivity index (χ4v) is 2.10. The molecule has 0 bridgehead atoms.